The summed E-state index contributed by atoms with van der Waals surface area (Å²) in [6.07, 6.45) is 17.7. The van der Waals surface area contributed by atoms with E-state index >= 15 is 0 Å². The molecule has 2 unspecified atom stereocenters. The maximum absolute atomic E-state index is 2.48. The van der Waals surface area contributed by atoms with E-state index in [0.717, 1.165) is 0 Å². The summed E-state index contributed by atoms with van der Waals surface area (Å²) in [5, 5.41) is 5.71. The standard InChI is InChI=1S/C35H34/c1-23-20-21-32-33(22-23)35(29-19-9-13-25-11-3-5-15-27(25)29)31-17-7-6-16-30(31)34(32)28-18-8-12-24-10-2-4-14-26(24)28/h6-9,12-13,16-22,24,26H,2-5,10-11,14-15H2,1H3. The largest absolute Gasteiger partial charge is 0.0808 e. The van der Waals surface area contributed by atoms with Gasteiger partial charge in [-0.2, -0.15) is 0 Å². The van der Waals surface area contributed by atoms with Gasteiger partial charge in [0.25, 0.3) is 0 Å². The van der Waals surface area contributed by atoms with Gasteiger partial charge in [0.1, 0.15) is 0 Å². The van der Waals surface area contributed by atoms with Crippen molar-refractivity contribution in [3.8, 4) is 11.1 Å². The van der Waals surface area contributed by atoms with Crippen molar-refractivity contribution in [2.24, 2.45) is 11.8 Å². The minimum absolute atomic E-state index is 0.650. The van der Waals surface area contributed by atoms with Crippen molar-refractivity contribution in [1.82, 2.24) is 0 Å². The summed E-state index contributed by atoms with van der Waals surface area (Å²) in [6, 6.07) is 23.5. The van der Waals surface area contributed by atoms with Crippen molar-refractivity contribution < 1.29 is 0 Å². The van der Waals surface area contributed by atoms with Gasteiger partial charge >= 0.3 is 0 Å². The van der Waals surface area contributed by atoms with Crippen molar-refractivity contribution in [2.45, 2.75) is 58.3 Å². The van der Waals surface area contributed by atoms with Gasteiger partial charge in [-0.1, -0.05) is 97.3 Å². The molecule has 2 atom stereocenters. The first-order valence-corrected chi connectivity index (χ1v) is 13.7. The second-order valence-corrected chi connectivity index (χ2v) is 11.1. The molecule has 0 amide bonds. The summed E-state index contributed by atoms with van der Waals surface area (Å²) in [6.45, 7) is 2.25. The summed E-state index contributed by atoms with van der Waals surface area (Å²) >= 11 is 0. The lowest BCUT2D eigenvalue weighted by molar-refractivity contribution is 0.345. The Kier molecular flexibility index (Phi) is 5.16. The number of allylic oxidation sites excluding steroid dienone is 4. The number of aryl methyl sites for hydroxylation is 2. The maximum atomic E-state index is 2.48. The molecule has 3 aliphatic rings. The second kappa shape index (κ2) is 8.52. The van der Waals surface area contributed by atoms with E-state index in [0.29, 0.717) is 11.8 Å². The number of rotatable bonds is 2. The van der Waals surface area contributed by atoms with Gasteiger partial charge in [-0.15, -0.1) is 0 Å². The monoisotopic (exact) mass is 454 g/mol. The minimum Gasteiger partial charge on any atom is -0.0808 e. The summed E-state index contributed by atoms with van der Waals surface area (Å²) < 4.78 is 0. The lowest BCUT2D eigenvalue weighted by atomic mass is 9.69. The van der Waals surface area contributed by atoms with E-state index in [1.807, 2.05) is 0 Å². The quantitative estimate of drug-likeness (QED) is 0.264. The molecule has 0 bridgehead atoms. The smallest absolute Gasteiger partial charge is 0.00234 e. The van der Waals surface area contributed by atoms with E-state index in [-0.39, 0.29) is 0 Å². The predicted octanol–water partition coefficient (Wildman–Crippen LogP) is 9.61. The van der Waals surface area contributed by atoms with Crippen LogP contribution in [0.5, 0.6) is 0 Å². The Morgan fingerprint density at radius 2 is 1.49 bits per heavy atom. The average molecular weight is 455 g/mol. The van der Waals surface area contributed by atoms with Crippen molar-refractivity contribution in [3.63, 3.8) is 0 Å². The fourth-order valence-corrected chi connectivity index (χ4v) is 7.38. The highest BCUT2D eigenvalue weighted by molar-refractivity contribution is 6.19. The van der Waals surface area contributed by atoms with E-state index in [2.05, 4.69) is 85.8 Å². The Morgan fingerprint density at radius 1 is 0.686 bits per heavy atom. The molecule has 0 radical (unpaired) electrons. The lowest BCUT2D eigenvalue weighted by Gasteiger charge is -2.35. The SMILES string of the molecule is Cc1ccc2c(C3=CC=CC4CCCCC34)c3ccccc3c(-c3cccc4c3CCCC4)c2c1. The first-order chi connectivity index (χ1) is 17.3. The molecule has 3 aliphatic carbocycles. The van der Waals surface area contributed by atoms with Gasteiger partial charge < -0.3 is 0 Å². The molecule has 35 heavy (non-hydrogen) atoms. The molecule has 0 heteroatoms. The van der Waals surface area contributed by atoms with Crippen LogP contribution in [0.3, 0.4) is 0 Å². The Balaban J connectivity index is 1.59. The van der Waals surface area contributed by atoms with Crippen LogP contribution in [0.25, 0.3) is 38.2 Å². The molecular formula is C35H34. The van der Waals surface area contributed by atoms with Gasteiger partial charge in [-0.25, -0.2) is 0 Å². The first-order valence-electron chi connectivity index (χ1n) is 13.7. The average Bonchev–Trinajstić information content (AvgIpc) is 2.91. The van der Waals surface area contributed by atoms with Gasteiger partial charge in [0.2, 0.25) is 0 Å². The molecule has 0 nitrogen and oxygen atoms in total. The number of hydrogen-bond acceptors (Lipinski definition) is 0. The normalized spacial score (nSPS) is 21.6. The topological polar surface area (TPSA) is 0 Å². The summed E-state index contributed by atoms with van der Waals surface area (Å²) in [4.78, 5) is 0. The van der Waals surface area contributed by atoms with Crippen molar-refractivity contribution >= 4 is 27.1 Å². The molecular weight excluding hydrogens is 420 g/mol. The van der Waals surface area contributed by atoms with E-state index in [1.165, 1.54) is 95.2 Å². The van der Waals surface area contributed by atoms with Crippen molar-refractivity contribution in [3.05, 3.63) is 101 Å². The predicted molar refractivity (Wildman–Crippen MR) is 151 cm³/mol. The van der Waals surface area contributed by atoms with Crippen molar-refractivity contribution in [2.75, 3.05) is 0 Å². The fourth-order valence-electron chi connectivity index (χ4n) is 7.38. The molecule has 0 spiro atoms. The van der Waals surface area contributed by atoms with Crippen molar-refractivity contribution in [1.29, 1.82) is 0 Å². The Hall–Kier alpha value is -3.12. The Morgan fingerprint density at radius 3 is 2.40 bits per heavy atom. The number of fused-ring (bicyclic) bond motifs is 4. The number of hydrogen-bond donors (Lipinski definition) is 0. The zero-order valence-corrected chi connectivity index (χ0v) is 20.8. The molecule has 0 N–H and O–H groups in total. The van der Waals surface area contributed by atoms with Crippen LogP contribution in [0.4, 0.5) is 0 Å². The third kappa shape index (κ3) is 3.41. The van der Waals surface area contributed by atoms with Crippen LogP contribution >= 0.6 is 0 Å². The van der Waals surface area contributed by atoms with Gasteiger partial charge in [0.05, 0.1) is 0 Å². The Bertz CT molecular complexity index is 1510. The molecule has 174 valence electrons. The van der Waals surface area contributed by atoms with E-state index in [4.69, 9.17) is 0 Å². The van der Waals surface area contributed by atoms with Crippen LogP contribution in [0.15, 0.2) is 78.9 Å². The molecule has 0 aliphatic heterocycles. The molecule has 4 aromatic rings. The summed E-state index contributed by atoms with van der Waals surface area (Å²) in [5.41, 5.74) is 10.5. The van der Waals surface area contributed by atoms with Crippen LogP contribution in [-0.2, 0) is 12.8 Å². The maximum Gasteiger partial charge on any atom is -0.00234 e. The highest BCUT2D eigenvalue weighted by atomic mass is 14.3. The molecule has 0 heterocycles. The molecule has 1 saturated carbocycles. The van der Waals surface area contributed by atoms with Gasteiger partial charge in [-0.05, 0) is 112 Å². The molecule has 0 aromatic heterocycles. The number of benzene rings is 4. The molecule has 7 rings (SSSR count). The second-order valence-electron chi connectivity index (χ2n) is 11.1. The Labute approximate surface area is 209 Å². The molecule has 0 saturated heterocycles. The van der Waals surface area contributed by atoms with E-state index < -0.39 is 0 Å². The zero-order chi connectivity index (χ0) is 23.4. The van der Waals surface area contributed by atoms with Crippen LogP contribution in [0.1, 0.15) is 60.8 Å². The highest BCUT2D eigenvalue weighted by Crippen LogP contribution is 2.49. The van der Waals surface area contributed by atoms with Gasteiger partial charge in [0, 0.05) is 0 Å². The van der Waals surface area contributed by atoms with E-state index in [9.17, 15) is 0 Å². The third-order valence-electron chi connectivity index (χ3n) is 8.99. The van der Waals surface area contributed by atoms with Crippen LogP contribution in [0.2, 0.25) is 0 Å². The molecule has 4 aromatic carbocycles. The minimum atomic E-state index is 0.650. The van der Waals surface area contributed by atoms with Crippen LogP contribution < -0.4 is 0 Å². The zero-order valence-electron chi connectivity index (χ0n) is 20.8. The third-order valence-corrected chi connectivity index (χ3v) is 8.99. The summed E-state index contributed by atoms with van der Waals surface area (Å²) in [5.74, 6) is 1.35. The van der Waals surface area contributed by atoms with Crippen LogP contribution in [-0.4, -0.2) is 0 Å². The van der Waals surface area contributed by atoms with Gasteiger partial charge in [-0.3, -0.25) is 0 Å². The highest BCUT2D eigenvalue weighted by Gasteiger charge is 2.31. The lowest BCUT2D eigenvalue weighted by Crippen LogP contribution is -2.21. The van der Waals surface area contributed by atoms with E-state index in [1.54, 1.807) is 16.7 Å². The first kappa shape index (κ1) is 21.2. The van der Waals surface area contributed by atoms with Crippen LogP contribution in [0, 0.1) is 18.8 Å². The van der Waals surface area contributed by atoms with Gasteiger partial charge in [0.15, 0.2) is 0 Å². The fraction of sp³-hybridized carbons (Fsp3) is 0.314. The summed E-state index contributed by atoms with van der Waals surface area (Å²) in [7, 11) is 0. The molecule has 1 fully saturated rings.